The van der Waals surface area contributed by atoms with Crippen LogP contribution in [0, 0.1) is 0 Å². The molecule has 19 nitrogen and oxygen atoms in total. The summed E-state index contributed by atoms with van der Waals surface area (Å²) in [6.45, 7) is 1.62. The van der Waals surface area contributed by atoms with Crippen LogP contribution in [0.1, 0.15) is 284 Å². The van der Waals surface area contributed by atoms with Crippen molar-refractivity contribution in [3.63, 3.8) is 0 Å². The van der Waals surface area contributed by atoms with Crippen LogP contribution in [0.2, 0.25) is 0 Å². The third-order valence-electron chi connectivity index (χ3n) is 19.3. The summed E-state index contributed by atoms with van der Waals surface area (Å²) in [4.78, 5) is 13.5. The number of aliphatic hydroxyl groups is 11. The van der Waals surface area contributed by atoms with E-state index in [1.54, 1.807) is 6.08 Å². The third kappa shape index (κ3) is 42.0. The fraction of sp³-hybridized carbons (Fsp3) is 0.793. The standard InChI is InChI=1S/C82H143NO18/c1-3-5-7-9-11-13-15-17-19-21-23-25-27-29-31-32-34-36-38-40-42-44-46-48-50-52-54-56-58-60-70(88)83-65(66(87)59-57-55-53-51-49-47-45-43-41-39-37-35-33-30-28-26-24-22-20-18-16-14-12-10-8-6-4-2)64-96-80-76(94)73(91)78(68(62-85)98-80)101-82-77(95)74(92)79(69(63-86)99-82)100-81-75(93)72(90)71(89)67(61-84)97-81/h5,7,11,13,17,19,23,25,29,31,41,43,49,51,57,59,65-69,71-82,84-87,89-95H,3-4,6,8-10,12,14-16,18,20-22,24,26-28,30,32-40,42,44-48,50,52-56,58,60-64H2,1-2H3,(H,83,88)/b7-5-,13-11-,19-17-,25-23-,31-29-,43-41+,51-49+,59-57+. The topological polar surface area (TPSA) is 307 Å². The van der Waals surface area contributed by atoms with Crippen LogP contribution in [-0.2, 0) is 33.2 Å². The van der Waals surface area contributed by atoms with Gasteiger partial charge in [0.25, 0.3) is 0 Å². The second-order valence-electron chi connectivity index (χ2n) is 28.1. The molecule has 584 valence electrons. The first kappa shape index (κ1) is 91.9. The second kappa shape index (κ2) is 61.8. The maximum Gasteiger partial charge on any atom is 0.220 e. The number of allylic oxidation sites excluding steroid dienone is 15. The molecule has 1 amide bonds. The highest BCUT2D eigenvalue weighted by Crippen LogP contribution is 2.33. The van der Waals surface area contributed by atoms with Gasteiger partial charge < -0.3 is 89.9 Å². The minimum absolute atomic E-state index is 0.225. The molecule has 3 aliphatic heterocycles. The molecule has 3 saturated heterocycles. The SMILES string of the molecule is CC/C=C\C/C=C\C/C=C\C/C=C\C/C=C\CCCCCCCCCCCCCCCC(=O)NC(COC1OC(CO)C(OC2OC(CO)C(OC3OC(CO)C(O)C(O)C3O)C(O)C2O)C(O)C1O)C(O)/C=C/CC/C=C/CC/C=C/CCCCCCCCCCCCCCCCCCC. The molecule has 0 radical (unpaired) electrons. The number of aliphatic hydroxyl groups excluding tert-OH is 11. The van der Waals surface area contributed by atoms with Crippen LogP contribution in [0.4, 0.5) is 0 Å². The van der Waals surface area contributed by atoms with Crippen molar-refractivity contribution < 1.29 is 89.4 Å². The molecule has 0 aromatic heterocycles. The third-order valence-corrected chi connectivity index (χ3v) is 19.3. The number of hydrogen-bond donors (Lipinski definition) is 12. The molecule has 0 saturated carbocycles. The molecule has 3 rings (SSSR count). The predicted molar refractivity (Wildman–Crippen MR) is 401 cm³/mol. The van der Waals surface area contributed by atoms with Gasteiger partial charge in [0.05, 0.1) is 38.6 Å². The number of hydrogen-bond acceptors (Lipinski definition) is 18. The zero-order valence-electron chi connectivity index (χ0n) is 62.4. The largest absolute Gasteiger partial charge is 0.394 e. The predicted octanol–water partition coefficient (Wildman–Crippen LogP) is 13.2. The summed E-state index contributed by atoms with van der Waals surface area (Å²) in [5.74, 6) is -0.292. The van der Waals surface area contributed by atoms with Gasteiger partial charge in [0.1, 0.15) is 73.2 Å². The normalized spacial score (nSPS) is 26.8. The molecule has 17 atom stereocenters. The lowest BCUT2D eigenvalue weighted by Gasteiger charge is -2.48. The summed E-state index contributed by atoms with van der Waals surface area (Å²) in [6, 6.07) is -1.00. The first-order valence-corrected chi connectivity index (χ1v) is 40.0. The minimum atomic E-state index is -1.99. The quantitative estimate of drug-likeness (QED) is 0.0199. The van der Waals surface area contributed by atoms with Crippen molar-refractivity contribution in [3.05, 3.63) is 97.2 Å². The monoisotopic (exact) mass is 1430 g/mol. The van der Waals surface area contributed by atoms with E-state index < -0.39 is 124 Å². The Hall–Kier alpha value is -3.29. The van der Waals surface area contributed by atoms with Crippen molar-refractivity contribution in [2.24, 2.45) is 0 Å². The van der Waals surface area contributed by atoms with E-state index in [0.717, 1.165) is 89.9 Å². The fourth-order valence-corrected chi connectivity index (χ4v) is 13.0. The molecular formula is C82H143NO18. The van der Waals surface area contributed by atoms with E-state index in [2.05, 4.69) is 104 Å². The van der Waals surface area contributed by atoms with E-state index in [0.29, 0.717) is 12.8 Å². The number of nitrogens with one attached hydrogen (secondary N) is 1. The number of ether oxygens (including phenoxy) is 6. The van der Waals surface area contributed by atoms with Gasteiger partial charge in [-0.2, -0.15) is 0 Å². The lowest BCUT2D eigenvalue weighted by atomic mass is 9.96. The highest BCUT2D eigenvalue weighted by atomic mass is 16.8. The van der Waals surface area contributed by atoms with Gasteiger partial charge in [0.2, 0.25) is 5.91 Å². The van der Waals surface area contributed by atoms with E-state index in [1.165, 1.54) is 161 Å². The molecule has 0 spiro atoms. The van der Waals surface area contributed by atoms with Crippen LogP contribution in [0.15, 0.2) is 97.2 Å². The smallest absolute Gasteiger partial charge is 0.220 e. The molecule has 3 fully saturated rings. The Morgan fingerprint density at radius 1 is 0.366 bits per heavy atom. The molecule has 0 aliphatic carbocycles. The summed E-state index contributed by atoms with van der Waals surface area (Å²) >= 11 is 0. The number of carbonyl (C=O) groups excluding carboxylic acids is 1. The summed E-state index contributed by atoms with van der Waals surface area (Å²) < 4.78 is 34.4. The minimum Gasteiger partial charge on any atom is -0.394 e. The molecule has 0 aromatic carbocycles. The number of rotatable bonds is 62. The van der Waals surface area contributed by atoms with E-state index in [1.807, 2.05) is 6.08 Å². The number of amides is 1. The maximum absolute atomic E-state index is 13.5. The lowest BCUT2D eigenvalue weighted by Crippen LogP contribution is -2.66. The zero-order chi connectivity index (χ0) is 73.2. The van der Waals surface area contributed by atoms with Gasteiger partial charge >= 0.3 is 0 Å². The molecular weight excluding hydrogens is 1290 g/mol. The van der Waals surface area contributed by atoms with Gasteiger partial charge in [-0.15, -0.1) is 0 Å². The second-order valence-corrected chi connectivity index (χ2v) is 28.1. The summed E-state index contributed by atoms with van der Waals surface area (Å²) in [7, 11) is 0. The molecule has 101 heavy (non-hydrogen) atoms. The molecule has 0 bridgehead atoms. The van der Waals surface area contributed by atoms with Crippen molar-refractivity contribution in [2.75, 3.05) is 26.4 Å². The summed E-state index contributed by atoms with van der Waals surface area (Å²) in [6.07, 6.45) is 56.7. The van der Waals surface area contributed by atoms with Crippen molar-refractivity contribution >= 4 is 5.91 Å². The Labute approximate surface area is 609 Å². The van der Waals surface area contributed by atoms with Gasteiger partial charge in [-0.1, -0.05) is 284 Å². The Kier molecular flexibility index (Phi) is 56.3. The van der Waals surface area contributed by atoms with Crippen LogP contribution in [-0.4, -0.2) is 193 Å². The Balaban J connectivity index is 1.40. The van der Waals surface area contributed by atoms with Gasteiger partial charge in [-0.3, -0.25) is 4.79 Å². The summed E-state index contributed by atoms with van der Waals surface area (Å²) in [5, 5.41) is 121. The number of carbonyl (C=O) groups is 1. The van der Waals surface area contributed by atoms with E-state index in [9.17, 15) is 61.0 Å². The fourth-order valence-electron chi connectivity index (χ4n) is 13.0. The number of unbranched alkanes of at least 4 members (excludes halogenated alkanes) is 32. The van der Waals surface area contributed by atoms with Crippen molar-refractivity contribution in [3.8, 4) is 0 Å². The van der Waals surface area contributed by atoms with Gasteiger partial charge in [0.15, 0.2) is 18.9 Å². The molecule has 3 heterocycles. The summed E-state index contributed by atoms with van der Waals surface area (Å²) in [5.41, 5.74) is 0. The maximum atomic E-state index is 13.5. The van der Waals surface area contributed by atoms with E-state index >= 15 is 0 Å². The van der Waals surface area contributed by atoms with E-state index in [-0.39, 0.29) is 18.9 Å². The highest BCUT2D eigenvalue weighted by molar-refractivity contribution is 5.76. The Morgan fingerprint density at radius 2 is 0.693 bits per heavy atom. The van der Waals surface area contributed by atoms with Crippen molar-refractivity contribution in [2.45, 2.75) is 388 Å². The van der Waals surface area contributed by atoms with Crippen LogP contribution in [0.5, 0.6) is 0 Å². The van der Waals surface area contributed by atoms with Crippen molar-refractivity contribution in [1.82, 2.24) is 5.32 Å². The molecule has 12 N–H and O–H groups in total. The van der Waals surface area contributed by atoms with Gasteiger partial charge in [-0.25, -0.2) is 0 Å². The van der Waals surface area contributed by atoms with Gasteiger partial charge in [0, 0.05) is 6.42 Å². The lowest BCUT2D eigenvalue weighted by molar-refractivity contribution is -0.379. The van der Waals surface area contributed by atoms with Crippen LogP contribution in [0.3, 0.4) is 0 Å². The Bertz CT molecular complexity index is 2200. The van der Waals surface area contributed by atoms with Gasteiger partial charge in [-0.05, 0) is 89.9 Å². The van der Waals surface area contributed by atoms with E-state index in [4.69, 9.17) is 28.4 Å². The average Bonchev–Trinajstić information content (AvgIpc) is 0.796. The first-order chi connectivity index (χ1) is 49.3. The molecule has 19 heteroatoms. The van der Waals surface area contributed by atoms with Crippen LogP contribution < -0.4 is 5.32 Å². The molecule has 0 aromatic rings. The highest BCUT2D eigenvalue weighted by Gasteiger charge is 2.54. The average molecular weight is 1430 g/mol. The molecule has 3 aliphatic rings. The zero-order valence-corrected chi connectivity index (χ0v) is 62.4. The van der Waals surface area contributed by atoms with Crippen LogP contribution >= 0.6 is 0 Å². The van der Waals surface area contributed by atoms with Crippen LogP contribution in [0.25, 0.3) is 0 Å². The molecule has 17 unspecified atom stereocenters. The Morgan fingerprint density at radius 3 is 1.11 bits per heavy atom. The first-order valence-electron chi connectivity index (χ1n) is 40.0. The van der Waals surface area contributed by atoms with Crippen molar-refractivity contribution in [1.29, 1.82) is 0 Å².